The summed E-state index contributed by atoms with van der Waals surface area (Å²) in [6, 6.07) is 5.50. The molecular formula is C15H20N2O4. The molecule has 0 spiro atoms. The van der Waals surface area contributed by atoms with Crippen molar-refractivity contribution in [1.82, 2.24) is 10.6 Å². The summed E-state index contributed by atoms with van der Waals surface area (Å²) in [4.78, 5) is 23.3. The maximum Gasteiger partial charge on any atom is 0.223 e. The minimum Gasteiger partial charge on any atom is -0.493 e. The van der Waals surface area contributed by atoms with Crippen molar-refractivity contribution in [3.63, 3.8) is 0 Å². The lowest BCUT2D eigenvalue weighted by molar-refractivity contribution is -0.132. The molecule has 1 aliphatic heterocycles. The van der Waals surface area contributed by atoms with Gasteiger partial charge in [-0.15, -0.1) is 0 Å². The molecule has 1 aromatic carbocycles. The predicted molar refractivity (Wildman–Crippen MR) is 77.1 cm³/mol. The first-order chi connectivity index (χ1) is 10.1. The van der Waals surface area contributed by atoms with Crippen molar-refractivity contribution in [2.75, 3.05) is 20.8 Å². The average Bonchev–Trinajstić information content (AvgIpc) is 2.52. The summed E-state index contributed by atoms with van der Waals surface area (Å²) < 4.78 is 10.4. The Morgan fingerprint density at radius 1 is 1.33 bits per heavy atom. The topological polar surface area (TPSA) is 76.7 Å². The van der Waals surface area contributed by atoms with E-state index < -0.39 is 0 Å². The molecule has 1 aliphatic rings. The first-order valence-corrected chi connectivity index (χ1v) is 6.89. The molecule has 1 aromatic rings. The summed E-state index contributed by atoms with van der Waals surface area (Å²) in [5, 5.41) is 5.58. The van der Waals surface area contributed by atoms with Crippen molar-refractivity contribution in [2.24, 2.45) is 5.92 Å². The molecule has 1 saturated heterocycles. The minimum absolute atomic E-state index is 0.0625. The Bertz CT molecular complexity index is 530. The molecule has 1 unspecified atom stereocenters. The SMILES string of the molecule is COc1ccc(CNC(=O)C2CCNC(=O)C2)cc1OC. The highest BCUT2D eigenvalue weighted by molar-refractivity contribution is 5.86. The Hall–Kier alpha value is -2.24. The van der Waals surface area contributed by atoms with E-state index in [1.165, 1.54) is 0 Å². The van der Waals surface area contributed by atoms with Crippen LogP contribution in [0.25, 0.3) is 0 Å². The smallest absolute Gasteiger partial charge is 0.223 e. The van der Waals surface area contributed by atoms with Gasteiger partial charge in [0.05, 0.1) is 14.2 Å². The van der Waals surface area contributed by atoms with Crippen LogP contribution in [0, 0.1) is 5.92 Å². The number of ether oxygens (including phenoxy) is 2. The van der Waals surface area contributed by atoms with Gasteiger partial charge < -0.3 is 20.1 Å². The average molecular weight is 292 g/mol. The van der Waals surface area contributed by atoms with Crippen molar-refractivity contribution < 1.29 is 19.1 Å². The van der Waals surface area contributed by atoms with Crippen molar-refractivity contribution in [1.29, 1.82) is 0 Å². The van der Waals surface area contributed by atoms with E-state index >= 15 is 0 Å². The number of benzene rings is 1. The monoisotopic (exact) mass is 292 g/mol. The minimum atomic E-state index is -0.237. The normalized spacial score (nSPS) is 17.8. The molecule has 2 amide bonds. The van der Waals surface area contributed by atoms with Crippen LogP contribution in [-0.2, 0) is 16.1 Å². The molecule has 1 atom stereocenters. The van der Waals surface area contributed by atoms with Crippen LogP contribution in [0.2, 0.25) is 0 Å². The molecule has 2 N–H and O–H groups in total. The van der Waals surface area contributed by atoms with E-state index in [-0.39, 0.29) is 24.2 Å². The lowest BCUT2D eigenvalue weighted by Crippen LogP contribution is -2.40. The fourth-order valence-corrected chi connectivity index (χ4v) is 2.33. The first-order valence-electron chi connectivity index (χ1n) is 6.89. The van der Waals surface area contributed by atoms with Crippen molar-refractivity contribution in [3.8, 4) is 11.5 Å². The second-order valence-electron chi connectivity index (χ2n) is 4.95. The van der Waals surface area contributed by atoms with Crippen LogP contribution in [0.5, 0.6) is 11.5 Å². The maximum absolute atomic E-state index is 12.0. The number of hydrogen-bond acceptors (Lipinski definition) is 4. The molecule has 2 rings (SSSR count). The third-order valence-corrected chi connectivity index (χ3v) is 3.53. The van der Waals surface area contributed by atoms with Crippen molar-refractivity contribution in [3.05, 3.63) is 23.8 Å². The Morgan fingerprint density at radius 3 is 2.76 bits per heavy atom. The summed E-state index contributed by atoms with van der Waals surface area (Å²) in [5.41, 5.74) is 0.918. The van der Waals surface area contributed by atoms with Crippen molar-refractivity contribution in [2.45, 2.75) is 19.4 Å². The highest BCUT2D eigenvalue weighted by Gasteiger charge is 2.25. The zero-order valence-corrected chi connectivity index (χ0v) is 12.3. The van der Waals surface area contributed by atoms with Crippen LogP contribution in [0.3, 0.4) is 0 Å². The van der Waals surface area contributed by atoms with Crippen LogP contribution in [0.4, 0.5) is 0 Å². The number of methoxy groups -OCH3 is 2. The van der Waals surface area contributed by atoms with Gasteiger partial charge in [0.25, 0.3) is 0 Å². The zero-order chi connectivity index (χ0) is 15.2. The Kier molecular flexibility index (Phi) is 5.03. The van der Waals surface area contributed by atoms with Gasteiger partial charge >= 0.3 is 0 Å². The number of amides is 2. The Morgan fingerprint density at radius 2 is 2.10 bits per heavy atom. The van der Waals surface area contributed by atoms with Gasteiger partial charge in [-0.1, -0.05) is 6.07 Å². The number of nitrogens with one attached hydrogen (secondary N) is 2. The van der Waals surface area contributed by atoms with Crippen LogP contribution < -0.4 is 20.1 Å². The van der Waals surface area contributed by atoms with Gasteiger partial charge in [-0.3, -0.25) is 9.59 Å². The second kappa shape index (κ2) is 6.97. The van der Waals surface area contributed by atoms with E-state index in [2.05, 4.69) is 10.6 Å². The van der Waals surface area contributed by atoms with Gasteiger partial charge in [-0.25, -0.2) is 0 Å². The number of hydrogen-bond donors (Lipinski definition) is 2. The summed E-state index contributed by atoms with van der Waals surface area (Å²) in [7, 11) is 3.15. The van der Waals surface area contributed by atoms with Crippen LogP contribution in [-0.4, -0.2) is 32.6 Å². The van der Waals surface area contributed by atoms with Gasteiger partial charge in [0.15, 0.2) is 11.5 Å². The third-order valence-electron chi connectivity index (χ3n) is 3.53. The number of piperidine rings is 1. The quantitative estimate of drug-likeness (QED) is 0.843. The summed E-state index contributed by atoms with van der Waals surface area (Å²) in [6.45, 7) is 0.963. The number of carbonyl (C=O) groups is 2. The molecule has 1 heterocycles. The molecule has 0 aliphatic carbocycles. The molecule has 114 valence electrons. The summed E-state index contributed by atoms with van der Waals surface area (Å²) >= 11 is 0. The number of carbonyl (C=O) groups excluding carboxylic acids is 2. The van der Waals surface area contributed by atoms with Gasteiger partial charge in [0, 0.05) is 25.4 Å². The first kappa shape index (κ1) is 15.2. The van der Waals surface area contributed by atoms with Gasteiger partial charge in [-0.05, 0) is 24.1 Å². The van der Waals surface area contributed by atoms with E-state index in [9.17, 15) is 9.59 Å². The molecular weight excluding hydrogens is 272 g/mol. The van der Waals surface area contributed by atoms with E-state index in [4.69, 9.17) is 9.47 Å². The zero-order valence-electron chi connectivity index (χ0n) is 12.3. The third kappa shape index (κ3) is 3.87. The highest BCUT2D eigenvalue weighted by atomic mass is 16.5. The molecule has 21 heavy (non-hydrogen) atoms. The highest BCUT2D eigenvalue weighted by Crippen LogP contribution is 2.27. The molecule has 6 heteroatoms. The summed E-state index contributed by atoms with van der Waals surface area (Å²) in [5.74, 6) is 0.892. The maximum atomic E-state index is 12.0. The van der Waals surface area contributed by atoms with Crippen molar-refractivity contribution >= 4 is 11.8 Å². The molecule has 0 aromatic heterocycles. The lowest BCUT2D eigenvalue weighted by atomic mass is 9.96. The summed E-state index contributed by atoms with van der Waals surface area (Å²) in [6.07, 6.45) is 0.946. The van der Waals surface area contributed by atoms with Crippen LogP contribution in [0.1, 0.15) is 18.4 Å². The standard InChI is InChI=1S/C15H20N2O4/c1-20-12-4-3-10(7-13(12)21-2)9-17-15(19)11-5-6-16-14(18)8-11/h3-4,7,11H,5-6,8-9H2,1-2H3,(H,16,18)(H,17,19). The molecule has 6 nitrogen and oxygen atoms in total. The molecule has 0 saturated carbocycles. The molecule has 0 radical (unpaired) electrons. The lowest BCUT2D eigenvalue weighted by Gasteiger charge is -2.21. The Labute approximate surface area is 123 Å². The van der Waals surface area contributed by atoms with Gasteiger partial charge in [0.1, 0.15) is 0 Å². The van der Waals surface area contributed by atoms with Gasteiger partial charge in [0.2, 0.25) is 11.8 Å². The molecule has 1 fully saturated rings. The van der Waals surface area contributed by atoms with E-state index in [0.717, 1.165) is 5.56 Å². The fraction of sp³-hybridized carbons (Fsp3) is 0.467. The van der Waals surface area contributed by atoms with Crippen LogP contribution in [0.15, 0.2) is 18.2 Å². The number of rotatable bonds is 5. The largest absolute Gasteiger partial charge is 0.493 e. The van der Waals surface area contributed by atoms with E-state index in [1.54, 1.807) is 20.3 Å². The van der Waals surface area contributed by atoms with Crippen LogP contribution >= 0.6 is 0 Å². The Balaban J connectivity index is 1.93. The fourth-order valence-electron chi connectivity index (χ4n) is 2.33. The van der Waals surface area contributed by atoms with E-state index in [0.29, 0.717) is 31.0 Å². The predicted octanol–water partition coefficient (Wildman–Crippen LogP) is 0.846. The van der Waals surface area contributed by atoms with Gasteiger partial charge in [-0.2, -0.15) is 0 Å². The van der Waals surface area contributed by atoms with E-state index in [1.807, 2.05) is 12.1 Å². The molecule has 0 bridgehead atoms. The second-order valence-corrected chi connectivity index (χ2v) is 4.95.